The molecule has 0 N–H and O–H groups in total. The largest absolute Gasteiger partial charge is 0.454 e. The van der Waals surface area contributed by atoms with Gasteiger partial charge < -0.3 is 9.32 Å². The molecule has 3 heteroatoms. The highest BCUT2D eigenvalue weighted by Crippen LogP contribution is 2.60. The third-order valence-electron chi connectivity index (χ3n) is 14.2. The van der Waals surface area contributed by atoms with Crippen molar-refractivity contribution in [3.8, 4) is 11.1 Å². The number of furan rings is 1. The van der Waals surface area contributed by atoms with E-state index in [2.05, 4.69) is 235 Å². The number of rotatable bonds is 5. The first-order chi connectivity index (χ1) is 31.4. The number of hydrogen-bond acceptors (Lipinski definition) is 3. The Morgan fingerprint density at radius 3 is 1.77 bits per heavy atom. The maximum Gasteiger partial charge on any atom is 0.159 e. The molecule has 2 heterocycles. The van der Waals surface area contributed by atoms with E-state index < -0.39 is 5.41 Å². The van der Waals surface area contributed by atoms with E-state index in [1.54, 1.807) is 0 Å². The topological polar surface area (TPSA) is 16.4 Å². The summed E-state index contributed by atoms with van der Waals surface area (Å²) >= 11 is 1.92. The minimum atomic E-state index is -0.649. The zero-order valence-electron chi connectivity index (χ0n) is 38.1. The van der Waals surface area contributed by atoms with Gasteiger partial charge in [0.1, 0.15) is 5.58 Å². The Morgan fingerprint density at radius 2 is 1.06 bits per heavy atom. The van der Waals surface area contributed by atoms with Crippen LogP contribution in [0.3, 0.4) is 0 Å². The zero-order valence-corrected chi connectivity index (χ0v) is 38.9. The van der Waals surface area contributed by atoms with Crippen LogP contribution in [-0.4, -0.2) is 0 Å². The minimum absolute atomic E-state index is 0.0109. The van der Waals surface area contributed by atoms with Crippen LogP contribution in [0.15, 0.2) is 186 Å². The Bertz CT molecular complexity index is 3630. The Balaban J connectivity index is 1.25. The first-order valence-corrected chi connectivity index (χ1v) is 23.7. The van der Waals surface area contributed by atoms with E-state index in [4.69, 9.17) is 4.42 Å². The van der Waals surface area contributed by atoms with Crippen molar-refractivity contribution < 1.29 is 4.42 Å². The van der Waals surface area contributed by atoms with Crippen molar-refractivity contribution in [3.63, 3.8) is 0 Å². The molecule has 0 saturated carbocycles. The summed E-state index contributed by atoms with van der Waals surface area (Å²) < 4.78 is 9.48. The summed E-state index contributed by atoms with van der Waals surface area (Å²) in [6.07, 6.45) is 0. The second-order valence-corrected chi connectivity index (χ2v) is 21.2. The number of anilines is 3. The van der Waals surface area contributed by atoms with Gasteiger partial charge in [-0.15, -0.1) is 11.3 Å². The standard InChI is InChI=1S/C62H51NOS/c1-38-16-8-11-22-51(38)63(53-23-15-19-45-43-17-9-12-24-54(43)64-58(45)53)52-37-35-48-56-47(52)20-14-21-49(56)62(41-30-26-39(27-31-41)60(2,3)4,42-32-28-40(29-33-42)61(5,6)7)50-36-34-46-44-18-10-13-25-55(44)65-59(46)57(48)50/h8-37H,1-7H3. The van der Waals surface area contributed by atoms with Crippen molar-refractivity contribution in [2.24, 2.45) is 0 Å². The van der Waals surface area contributed by atoms with Crippen LogP contribution in [0.2, 0.25) is 0 Å². The van der Waals surface area contributed by atoms with Crippen LogP contribution in [-0.2, 0) is 16.2 Å². The average molecular weight is 858 g/mol. The van der Waals surface area contributed by atoms with Gasteiger partial charge in [-0.2, -0.15) is 0 Å². The molecule has 0 bridgehead atoms. The molecule has 0 radical (unpaired) electrons. The number of aryl methyl sites for hydroxylation is 1. The van der Waals surface area contributed by atoms with Crippen molar-refractivity contribution in [1.82, 2.24) is 0 Å². The lowest BCUT2D eigenvalue weighted by Crippen LogP contribution is -2.34. The molecule has 2 aromatic heterocycles. The van der Waals surface area contributed by atoms with E-state index >= 15 is 0 Å². The van der Waals surface area contributed by atoms with E-state index in [-0.39, 0.29) is 10.8 Å². The number of nitrogens with zero attached hydrogens (tertiary/aromatic N) is 1. The second kappa shape index (κ2) is 14.3. The minimum Gasteiger partial charge on any atom is -0.454 e. The first kappa shape index (κ1) is 39.6. The first-order valence-electron chi connectivity index (χ1n) is 22.9. The summed E-state index contributed by atoms with van der Waals surface area (Å²) in [5, 5.41) is 7.31. The highest BCUT2D eigenvalue weighted by Gasteiger charge is 2.46. The van der Waals surface area contributed by atoms with Gasteiger partial charge in [0.05, 0.1) is 16.8 Å². The predicted octanol–water partition coefficient (Wildman–Crippen LogP) is 17.8. The summed E-state index contributed by atoms with van der Waals surface area (Å²) in [5.74, 6) is 0. The fourth-order valence-corrected chi connectivity index (χ4v) is 12.2. The van der Waals surface area contributed by atoms with Gasteiger partial charge in [-0.3, -0.25) is 0 Å². The molecule has 2 nitrogen and oxygen atoms in total. The van der Waals surface area contributed by atoms with Crippen LogP contribution in [0, 0.1) is 6.92 Å². The van der Waals surface area contributed by atoms with Crippen molar-refractivity contribution in [1.29, 1.82) is 0 Å². The predicted molar refractivity (Wildman–Crippen MR) is 278 cm³/mol. The lowest BCUT2D eigenvalue weighted by atomic mass is 9.59. The molecule has 0 aliphatic heterocycles. The third-order valence-corrected chi connectivity index (χ3v) is 15.4. The Labute approximate surface area is 385 Å². The van der Waals surface area contributed by atoms with Crippen LogP contribution >= 0.6 is 11.3 Å². The lowest BCUT2D eigenvalue weighted by molar-refractivity contribution is 0.588. The van der Waals surface area contributed by atoms with Gasteiger partial charge in [0.2, 0.25) is 0 Å². The molecule has 11 aromatic rings. The third kappa shape index (κ3) is 5.84. The molecule has 0 fully saturated rings. The van der Waals surface area contributed by atoms with Crippen molar-refractivity contribution >= 4 is 81.3 Å². The molecule has 12 rings (SSSR count). The van der Waals surface area contributed by atoms with Gasteiger partial charge in [0.25, 0.3) is 0 Å². The number of thiophene rings is 1. The Hall–Kier alpha value is -6.94. The molecule has 0 spiro atoms. The smallest absolute Gasteiger partial charge is 0.159 e. The molecule has 1 aliphatic carbocycles. The maximum atomic E-state index is 6.84. The van der Waals surface area contributed by atoms with Crippen molar-refractivity contribution in [3.05, 3.63) is 221 Å². The van der Waals surface area contributed by atoms with Crippen LogP contribution in [0.5, 0.6) is 0 Å². The van der Waals surface area contributed by atoms with E-state index in [1.165, 1.54) is 81.0 Å². The fraction of sp³-hybridized carbons (Fsp3) is 0.161. The summed E-state index contributed by atoms with van der Waals surface area (Å²) in [6.45, 7) is 16.1. The fourth-order valence-electron chi connectivity index (χ4n) is 11.0. The highest BCUT2D eigenvalue weighted by molar-refractivity contribution is 7.26. The Morgan fingerprint density at radius 1 is 0.462 bits per heavy atom. The van der Waals surface area contributed by atoms with E-state index in [9.17, 15) is 0 Å². The average Bonchev–Trinajstić information content (AvgIpc) is 3.89. The molecular formula is C62H51NOS. The Kier molecular flexibility index (Phi) is 8.71. The quantitative estimate of drug-likeness (QED) is 0.171. The molecule has 0 unspecified atom stereocenters. The second-order valence-electron chi connectivity index (χ2n) is 20.1. The monoisotopic (exact) mass is 857 g/mol. The van der Waals surface area contributed by atoms with Gasteiger partial charge in [0.15, 0.2) is 5.58 Å². The van der Waals surface area contributed by atoms with E-state index in [1.807, 2.05) is 11.3 Å². The van der Waals surface area contributed by atoms with E-state index in [0.717, 1.165) is 39.0 Å². The molecule has 9 aromatic carbocycles. The van der Waals surface area contributed by atoms with Gasteiger partial charge in [-0.1, -0.05) is 193 Å². The summed E-state index contributed by atoms with van der Waals surface area (Å²) in [6, 6.07) is 68.6. The lowest BCUT2D eigenvalue weighted by Gasteiger charge is -2.43. The maximum absolute atomic E-state index is 6.84. The summed E-state index contributed by atoms with van der Waals surface area (Å²) in [5.41, 5.74) is 15.9. The normalized spacial score (nSPS) is 13.6. The van der Waals surface area contributed by atoms with E-state index in [0.29, 0.717) is 0 Å². The molecule has 0 saturated heterocycles. The molecule has 0 amide bonds. The van der Waals surface area contributed by atoms with Gasteiger partial charge >= 0.3 is 0 Å². The molecule has 1 aliphatic rings. The van der Waals surface area contributed by atoms with Gasteiger partial charge in [0, 0.05) is 47.6 Å². The molecule has 0 atom stereocenters. The van der Waals surface area contributed by atoms with Crippen molar-refractivity contribution in [2.75, 3.05) is 4.90 Å². The van der Waals surface area contributed by atoms with Crippen LogP contribution in [0.1, 0.15) is 80.5 Å². The molecular weight excluding hydrogens is 807 g/mol. The number of fused-ring (bicyclic) bond motifs is 9. The molecule has 65 heavy (non-hydrogen) atoms. The summed E-state index contributed by atoms with van der Waals surface area (Å²) in [4.78, 5) is 2.45. The van der Waals surface area contributed by atoms with Crippen LogP contribution < -0.4 is 4.90 Å². The number of benzene rings is 9. The van der Waals surface area contributed by atoms with Gasteiger partial charge in [-0.05, 0) is 98.0 Å². The zero-order chi connectivity index (χ0) is 44.4. The van der Waals surface area contributed by atoms with Crippen LogP contribution in [0.4, 0.5) is 17.1 Å². The summed E-state index contributed by atoms with van der Waals surface area (Å²) in [7, 11) is 0. The highest BCUT2D eigenvalue weighted by atomic mass is 32.1. The van der Waals surface area contributed by atoms with Gasteiger partial charge in [-0.25, -0.2) is 0 Å². The van der Waals surface area contributed by atoms with Crippen molar-refractivity contribution in [2.45, 2.75) is 64.7 Å². The SMILES string of the molecule is Cc1ccccc1N(c1ccc2c3c(cccc13)C(c1ccc(C(C)(C)C)cc1)(c1ccc(C(C)(C)C)cc1)c1ccc3c(sc4ccccc43)c1-2)c1cccc2c1oc1ccccc12. The molecule has 316 valence electrons. The van der Waals surface area contributed by atoms with Crippen LogP contribution in [0.25, 0.3) is 64.0 Å². The number of para-hydroxylation sites is 3. The number of hydrogen-bond donors (Lipinski definition) is 0.